The number of non-ortho nitro benzene ring substituents is 1. The van der Waals surface area contributed by atoms with Crippen molar-refractivity contribution in [2.45, 2.75) is 13.8 Å². The van der Waals surface area contributed by atoms with Crippen molar-refractivity contribution >= 4 is 23.3 Å². The molecule has 0 radical (unpaired) electrons. The predicted octanol–water partition coefficient (Wildman–Crippen LogP) is 1.89. The maximum absolute atomic E-state index is 12.0. The highest BCUT2D eigenvalue weighted by Crippen LogP contribution is 2.58. The molecule has 0 heterocycles. The minimum atomic E-state index is -1.01. The number of carbonyl (C=O) groups is 2. The lowest BCUT2D eigenvalue weighted by atomic mass is 10.1. The van der Waals surface area contributed by atoms with Gasteiger partial charge in [0.05, 0.1) is 16.8 Å². The summed E-state index contributed by atoms with van der Waals surface area (Å²) in [5.74, 6) is -2.78. The molecule has 2 atom stereocenters. The number of benzene rings is 1. The highest BCUT2D eigenvalue weighted by molar-refractivity contribution is 5.99. The fourth-order valence-electron chi connectivity index (χ4n) is 2.51. The molecule has 2 rings (SSSR count). The summed E-state index contributed by atoms with van der Waals surface area (Å²) in [5, 5.41) is 22.2. The Hall–Kier alpha value is -2.44. The molecule has 0 aromatic heterocycles. The molecule has 1 aliphatic carbocycles. The number of hydrogen-bond donors (Lipinski definition) is 2. The zero-order valence-corrected chi connectivity index (χ0v) is 11.0. The lowest BCUT2D eigenvalue weighted by Gasteiger charge is -2.05. The van der Waals surface area contributed by atoms with Gasteiger partial charge < -0.3 is 10.4 Å². The molecule has 106 valence electrons. The van der Waals surface area contributed by atoms with Gasteiger partial charge in [0, 0.05) is 17.8 Å². The first-order chi connectivity index (χ1) is 9.25. The highest BCUT2D eigenvalue weighted by atomic mass is 16.6. The summed E-state index contributed by atoms with van der Waals surface area (Å²) < 4.78 is 0. The van der Waals surface area contributed by atoms with E-state index in [0.29, 0.717) is 0 Å². The van der Waals surface area contributed by atoms with Crippen molar-refractivity contribution in [2.75, 3.05) is 5.32 Å². The molecule has 1 fully saturated rings. The lowest BCUT2D eigenvalue weighted by Crippen LogP contribution is -2.17. The second-order valence-corrected chi connectivity index (χ2v) is 5.41. The van der Waals surface area contributed by atoms with Gasteiger partial charge in [0.2, 0.25) is 5.91 Å². The Balaban J connectivity index is 2.12. The molecule has 0 unspecified atom stereocenters. The molecule has 1 aliphatic rings. The van der Waals surface area contributed by atoms with Gasteiger partial charge in [-0.2, -0.15) is 0 Å². The number of amides is 1. The van der Waals surface area contributed by atoms with Crippen molar-refractivity contribution in [1.29, 1.82) is 0 Å². The monoisotopic (exact) mass is 278 g/mol. The number of nitrogens with zero attached hydrogens (tertiary/aromatic N) is 1. The van der Waals surface area contributed by atoms with Gasteiger partial charge in [-0.3, -0.25) is 19.7 Å². The van der Waals surface area contributed by atoms with E-state index in [0.717, 1.165) is 0 Å². The second kappa shape index (κ2) is 4.59. The number of hydrogen-bond acceptors (Lipinski definition) is 4. The zero-order valence-electron chi connectivity index (χ0n) is 11.0. The van der Waals surface area contributed by atoms with Crippen LogP contribution < -0.4 is 5.32 Å². The molecule has 1 aromatic rings. The van der Waals surface area contributed by atoms with Crippen molar-refractivity contribution in [1.82, 2.24) is 0 Å². The highest BCUT2D eigenvalue weighted by Gasteiger charge is 2.65. The molecule has 1 saturated carbocycles. The number of rotatable bonds is 4. The fourth-order valence-corrected chi connectivity index (χ4v) is 2.51. The standard InChI is InChI=1S/C13H14N2O5/c1-13(2)9(10(13)12(17)18)11(16)14-7-4-3-5-8(6-7)15(19)20/h3-6,9-10H,1-2H3,(H,14,16)(H,17,18)/t9-,10+/m1/s1. The van der Waals surface area contributed by atoms with Crippen molar-refractivity contribution in [3.05, 3.63) is 34.4 Å². The third-order valence-electron chi connectivity index (χ3n) is 3.70. The minimum absolute atomic E-state index is 0.132. The number of nitro groups is 1. The van der Waals surface area contributed by atoms with E-state index in [1.54, 1.807) is 13.8 Å². The molecule has 1 aromatic carbocycles. The van der Waals surface area contributed by atoms with Gasteiger partial charge in [0.15, 0.2) is 0 Å². The average Bonchev–Trinajstić information content (AvgIpc) is 2.93. The summed E-state index contributed by atoms with van der Waals surface area (Å²) in [6.45, 7) is 3.42. The average molecular weight is 278 g/mol. The quantitative estimate of drug-likeness (QED) is 0.645. The summed E-state index contributed by atoms with van der Waals surface area (Å²) in [6.07, 6.45) is 0. The van der Waals surface area contributed by atoms with Crippen LogP contribution in [0.15, 0.2) is 24.3 Å². The van der Waals surface area contributed by atoms with E-state index in [9.17, 15) is 19.7 Å². The largest absolute Gasteiger partial charge is 0.481 e. The van der Waals surface area contributed by atoms with Crippen molar-refractivity contribution in [2.24, 2.45) is 17.3 Å². The van der Waals surface area contributed by atoms with Gasteiger partial charge in [0.25, 0.3) is 5.69 Å². The Labute approximate surface area is 114 Å². The van der Waals surface area contributed by atoms with Crippen LogP contribution >= 0.6 is 0 Å². The van der Waals surface area contributed by atoms with Crippen LogP contribution in [0, 0.1) is 27.4 Å². The van der Waals surface area contributed by atoms with Crippen LogP contribution in [-0.4, -0.2) is 21.9 Å². The van der Waals surface area contributed by atoms with Crippen LogP contribution in [0.2, 0.25) is 0 Å². The molecule has 0 aliphatic heterocycles. The number of carboxylic acid groups (broad SMARTS) is 1. The number of nitro benzene ring substituents is 1. The van der Waals surface area contributed by atoms with Crippen molar-refractivity contribution < 1.29 is 19.6 Å². The number of carbonyl (C=O) groups excluding carboxylic acids is 1. The number of aliphatic carboxylic acids is 1. The van der Waals surface area contributed by atoms with Crippen LogP contribution in [0.4, 0.5) is 11.4 Å². The van der Waals surface area contributed by atoms with E-state index in [2.05, 4.69) is 5.32 Å². The van der Waals surface area contributed by atoms with Gasteiger partial charge >= 0.3 is 5.97 Å². The molecule has 1 amide bonds. The first-order valence-electron chi connectivity index (χ1n) is 6.03. The fraction of sp³-hybridized carbons (Fsp3) is 0.385. The normalized spacial score (nSPS) is 22.9. The summed E-state index contributed by atoms with van der Waals surface area (Å²) in [6, 6.07) is 5.54. The predicted molar refractivity (Wildman–Crippen MR) is 70.1 cm³/mol. The first-order valence-corrected chi connectivity index (χ1v) is 6.03. The maximum Gasteiger partial charge on any atom is 0.307 e. The number of nitrogens with one attached hydrogen (secondary N) is 1. The maximum atomic E-state index is 12.0. The minimum Gasteiger partial charge on any atom is -0.481 e. The molecule has 0 saturated heterocycles. The van der Waals surface area contributed by atoms with Gasteiger partial charge in [0.1, 0.15) is 0 Å². The van der Waals surface area contributed by atoms with Gasteiger partial charge in [-0.1, -0.05) is 19.9 Å². The molecule has 20 heavy (non-hydrogen) atoms. The third-order valence-corrected chi connectivity index (χ3v) is 3.70. The first kappa shape index (κ1) is 14.0. The smallest absolute Gasteiger partial charge is 0.307 e. The Morgan fingerprint density at radius 2 is 2.00 bits per heavy atom. The summed E-state index contributed by atoms with van der Waals surface area (Å²) in [4.78, 5) is 33.1. The Bertz CT molecular complexity index is 596. The van der Waals surface area contributed by atoms with E-state index < -0.39 is 34.1 Å². The zero-order chi connectivity index (χ0) is 15.1. The molecule has 2 N–H and O–H groups in total. The number of anilines is 1. The topological polar surface area (TPSA) is 110 Å². The van der Waals surface area contributed by atoms with E-state index in [4.69, 9.17) is 5.11 Å². The third kappa shape index (κ3) is 2.34. The molecular weight excluding hydrogens is 264 g/mol. The van der Waals surface area contributed by atoms with E-state index in [1.165, 1.54) is 24.3 Å². The van der Waals surface area contributed by atoms with Crippen LogP contribution in [0.25, 0.3) is 0 Å². The SMILES string of the molecule is CC1(C)[C@H](C(=O)O)[C@@H]1C(=O)Nc1cccc([N+](=O)[O-])c1. The lowest BCUT2D eigenvalue weighted by molar-refractivity contribution is -0.384. The van der Waals surface area contributed by atoms with E-state index >= 15 is 0 Å². The molecule has 7 heteroatoms. The van der Waals surface area contributed by atoms with Crippen LogP contribution in [-0.2, 0) is 9.59 Å². The van der Waals surface area contributed by atoms with Crippen LogP contribution in [0.5, 0.6) is 0 Å². The number of carboxylic acids is 1. The van der Waals surface area contributed by atoms with Crippen molar-refractivity contribution in [3.8, 4) is 0 Å². The van der Waals surface area contributed by atoms with Crippen LogP contribution in [0.3, 0.4) is 0 Å². The summed E-state index contributed by atoms with van der Waals surface area (Å²) in [5.41, 5.74) is -0.444. The van der Waals surface area contributed by atoms with Crippen LogP contribution in [0.1, 0.15) is 13.8 Å². The Morgan fingerprint density at radius 1 is 1.35 bits per heavy atom. The van der Waals surface area contributed by atoms with Gasteiger partial charge in [-0.15, -0.1) is 0 Å². The van der Waals surface area contributed by atoms with E-state index in [-0.39, 0.29) is 11.4 Å². The van der Waals surface area contributed by atoms with Gasteiger partial charge in [-0.25, -0.2) is 0 Å². The molecule has 7 nitrogen and oxygen atoms in total. The van der Waals surface area contributed by atoms with E-state index in [1.807, 2.05) is 0 Å². The summed E-state index contributed by atoms with van der Waals surface area (Å²) in [7, 11) is 0. The molecule has 0 spiro atoms. The molecular formula is C13H14N2O5. The Kier molecular flexibility index (Phi) is 3.21. The Morgan fingerprint density at radius 3 is 2.50 bits per heavy atom. The van der Waals surface area contributed by atoms with Crippen molar-refractivity contribution in [3.63, 3.8) is 0 Å². The summed E-state index contributed by atoms with van der Waals surface area (Å²) >= 11 is 0. The molecule has 0 bridgehead atoms. The second-order valence-electron chi connectivity index (χ2n) is 5.41. The van der Waals surface area contributed by atoms with Gasteiger partial charge in [-0.05, 0) is 11.5 Å².